The number of rotatable bonds is 6. The lowest BCUT2D eigenvalue weighted by molar-refractivity contribution is -0.116. The molecule has 6 rings (SSSR count). The molecule has 1 aromatic heterocycles. The molecule has 0 unspecified atom stereocenters. The number of nitrogens with one attached hydrogen (secondary N) is 2. The van der Waals surface area contributed by atoms with Gasteiger partial charge >= 0.3 is 0 Å². The molecule has 1 aromatic carbocycles. The van der Waals surface area contributed by atoms with Gasteiger partial charge in [0.05, 0.1) is 0 Å². The first-order valence-electron chi connectivity index (χ1n) is 10.6. The van der Waals surface area contributed by atoms with Gasteiger partial charge in [-0.25, -0.2) is 0 Å². The lowest BCUT2D eigenvalue weighted by Crippen LogP contribution is -2.48. The van der Waals surface area contributed by atoms with Gasteiger partial charge < -0.3 is 10.6 Å². The third-order valence-electron chi connectivity index (χ3n) is 6.84. The topological polar surface area (TPSA) is 84.0 Å². The molecule has 0 spiro atoms. The summed E-state index contributed by atoms with van der Waals surface area (Å²) in [6, 6.07) is 9.01. The van der Waals surface area contributed by atoms with Crippen LogP contribution in [0.4, 0.5) is 5.13 Å². The lowest BCUT2D eigenvalue weighted by Gasteiger charge is -2.55. The summed E-state index contributed by atoms with van der Waals surface area (Å²) < 4.78 is 0. The number of benzene rings is 1. The van der Waals surface area contributed by atoms with Crippen LogP contribution in [-0.4, -0.2) is 28.6 Å². The van der Waals surface area contributed by atoms with E-state index in [0.29, 0.717) is 17.2 Å². The fourth-order valence-corrected chi connectivity index (χ4v) is 7.00. The van der Waals surface area contributed by atoms with Gasteiger partial charge in [0.1, 0.15) is 5.01 Å². The van der Waals surface area contributed by atoms with Gasteiger partial charge in [0.25, 0.3) is 5.91 Å². The molecule has 2 N–H and O–H groups in total. The van der Waals surface area contributed by atoms with Crippen molar-refractivity contribution in [2.45, 2.75) is 50.4 Å². The summed E-state index contributed by atoms with van der Waals surface area (Å²) in [5.74, 6) is 2.26. The van der Waals surface area contributed by atoms with Crippen molar-refractivity contribution in [2.75, 3.05) is 11.9 Å². The molecule has 0 saturated heterocycles. The van der Waals surface area contributed by atoms with Gasteiger partial charge in [-0.15, -0.1) is 10.2 Å². The Hall–Kier alpha value is -2.28. The van der Waals surface area contributed by atoms with Crippen LogP contribution in [0.3, 0.4) is 0 Å². The summed E-state index contributed by atoms with van der Waals surface area (Å²) in [4.78, 5) is 24.3. The van der Waals surface area contributed by atoms with Crippen LogP contribution in [0.5, 0.6) is 0 Å². The van der Waals surface area contributed by atoms with E-state index in [2.05, 4.69) is 20.8 Å². The molecular formula is C22H26N4O2S. The van der Waals surface area contributed by atoms with Crippen LogP contribution in [0, 0.1) is 17.8 Å². The van der Waals surface area contributed by atoms with E-state index in [0.717, 1.165) is 22.8 Å². The Kier molecular flexibility index (Phi) is 4.86. The Labute approximate surface area is 174 Å². The minimum Gasteiger partial charge on any atom is -0.352 e. The minimum absolute atomic E-state index is 0.147. The van der Waals surface area contributed by atoms with Crippen LogP contribution in [0.15, 0.2) is 30.3 Å². The second-order valence-electron chi connectivity index (χ2n) is 9.03. The summed E-state index contributed by atoms with van der Waals surface area (Å²) in [5, 5.41) is 16.1. The summed E-state index contributed by atoms with van der Waals surface area (Å²) in [6.45, 7) is 0.292. The van der Waals surface area contributed by atoms with E-state index < -0.39 is 0 Å². The number of anilines is 1. The van der Waals surface area contributed by atoms with E-state index in [4.69, 9.17) is 0 Å². The molecule has 6 nitrogen and oxygen atoms in total. The third-order valence-corrected chi connectivity index (χ3v) is 7.92. The molecule has 0 atom stereocenters. The zero-order valence-corrected chi connectivity index (χ0v) is 17.2. The van der Waals surface area contributed by atoms with Crippen molar-refractivity contribution in [3.8, 4) is 0 Å². The monoisotopic (exact) mass is 410 g/mol. The highest BCUT2D eigenvalue weighted by molar-refractivity contribution is 7.15. The predicted octanol–water partition coefficient (Wildman–Crippen LogP) is 3.76. The van der Waals surface area contributed by atoms with Crippen molar-refractivity contribution in [3.63, 3.8) is 0 Å². The molecule has 7 heteroatoms. The highest BCUT2D eigenvalue weighted by atomic mass is 32.1. The predicted molar refractivity (Wildman–Crippen MR) is 112 cm³/mol. The van der Waals surface area contributed by atoms with Crippen LogP contribution in [0.2, 0.25) is 0 Å². The molecule has 1 heterocycles. The Balaban J connectivity index is 1.15. The second-order valence-corrected chi connectivity index (χ2v) is 10.0. The van der Waals surface area contributed by atoms with Crippen LogP contribution in [-0.2, 0) is 10.2 Å². The molecule has 4 fully saturated rings. The third kappa shape index (κ3) is 3.80. The number of amides is 2. The number of hydrogen-bond acceptors (Lipinski definition) is 5. The smallest absolute Gasteiger partial charge is 0.251 e. The molecule has 4 aliphatic carbocycles. The van der Waals surface area contributed by atoms with E-state index in [-0.39, 0.29) is 23.7 Å². The zero-order chi connectivity index (χ0) is 19.8. The first-order valence-corrected chi connectivity index (χ1v) is 11.4. The van der Waals surface area contributed by atoms with E-state index >= 15 is 0 Å². The van der Waals surface area contributed by atoms with Gasteiger partial charge in [-0.05, 0) is 68.4 Å². The number of aromatic nitrogens is 2. The minimum atomic E-state index is -0.168. The fraction of sp³-hybridized carbons (Fsp3) is 0.545. The van der Waals surface area contributed by atoms with Crippen molar-refractivity contribution < 1.29 is 9.59 Å². The quantitative estimate of drug-likeness (QED) is 0.759. The fourth-order valence-electron chi connectivity index (χ4n) is 6.02. The van der Waals surface area contributed by atoms with Crippen molar-refractivity contribution >= 4 is 28.3 Å². The summed E-state index contributed by atoms with van der Waals surface area (Å²) in [7, 11) is 0. The van der Waals surface area contributed by atoms with Crippen molar-refractivity contribution in [1.82, 2.24) is 15.5 Å². The van der Waals surface area contributed by atoms with Gasteiger partial charge in [0.2, 0.25) is 11.0 Å². The number of hydrogen-bond donors (Lipinski definition) is 2. The SMILES string of the molecule is O=C(CCNC(=O)c1ccccc1)Nc1nnc(C23CC4CC(CC(C4)C2)C3)s1. The average Bonchev–Trinajstić information content (AvgIpc) is 3.17. The molecular weight excluding hydrogens is 384 g/mol. The van der Waals surface area contributed by atoms with Crippen molar-refractivity contribution in [3.05, 3.63) is 40.9 Å². The Bertz CT molecular complexity index is 875. The second kappa shape index (κ2) is 7.52. The Morgan fingerprint density at radius 1 is 1.00 bits per heavy atom. The maximum absolute atomic E-state index is 12.3. The van der Waals surface area contributed by atoms with Gasteiger partial charge in [-0.3, -0.25) is 9.59 Å². The van der Waals surface area contributed by atoms with Gasteiger partial charge in [0, 0.05) is 23.9 Å². The number of carbonyl (C=O) groups excluding carboxylic acids is 2. The van der Waals surface area contributed by atoms with Crippen molar-refractivity contribution in [1.29, 1.82) is 0 Å². The number of carbonyl (C=O) groups is 2. The van der Waals surface area contributed by atoms with E-state index in [1.54, 1.807) is 23.5 Å². The maximum Gasteiger partial charge on any atom is 0.251 e. The molecule has 4 aliphatic rings. The van der Waals surface area contributed by atoms with E-state index in [1.165, 1.54) is 38.5 Å². The summed E-state index contributed by atoms with van der Waals surface area (Å²) >= 11 is 1.54. The van der Waals surface area contributed by atoms with Crippen LogP contribution in [0.1, 0.15) is 60.3 Å². The Morgan fingerprint density at radius 2 is 1.66 bits per heavy atom. The maximum atomic E-state index is 12.3. The first-order chi connectivity index (χ1) is 14.1. The lowest BCUT2D eigenvalue weighted by atomic mass is 9.50. The summed E-state index contributed by atoms with van der Waals surface area (Å²) in [6.07, 6.45) is 8.14. The van der Waals surface area contributed by atoms with Gasteiger partial charge in [-0.1, -0.05) is 29.5 Å². The highest BCUT2D eigenvalue weighted by Crippen LogP contribution is 2.61. The van der Waals surface area contributed by atoms with Crippen LogP contribution >= 0.6 is 11.3 Å². The van der Waals surface area contributed by atoms with Gasteiger partial charge in [0.15, 0.2) is 0 Å². The molecule has 4 bridgehead atoms. The average molecular weight is 411 g/mol. The van der Waals surface area contributed by atoms with Crippen LogP contribution < -0.4 is 10.6 Å². The largest absolute Gasteiger partial charge is 0.352 e. The van der Waals surface area contributed by atoms with Gasteiger partial charge in [-0.2, -0.15) is 0 Å². The van der Waals surface area contributed by atoms with E-state index in [1.807, 2.05) is 18.2 Å². The molecule has 152 valence electrons. The normalized spacial score (nSPS) is 29.6. The molecule has 2 amide bonds. The molecule has 4 saturated carbocycles. The van der Waals surface area contributed by atoms with E-state index in [9.17, 15) is 9.59 Å². The van der Waals surface area contributed by atoms with Crippen LogP contribution in [0.25, 0.3) is 0 Å². The molecule has 0 radical (unpaired) electrons. The molecule has 2 aromatic rings. The Morgan fingerprint density at radius 3 is 2.31 bits per heavy atom. The standard InChI is InChI=1S/C22H26N4O2S/c27-18(6-7-23-19(28)17-4-2-1-3-5-17)24-21-26-25-20(29-21)22-11-14-8-15(12-22)10-16(9-14)13-22/h1-5,14-16H,6-13H2,(H,23,28)(H,24,26,27). The summed E-state index contributed by atoms with van der Waals surface area (Å²) in [5.41, 5.74) is 0.802. The first kappa shape index (κ1) is 18.7. The number of nitrogens with zero attached hydrogens (tertiary/aromatic N) is 2. The molecule has 0 aliphatic heterocycles. The molecule has 29 heavy (non-hydrogen) atoms. The van der Waals surface area contributed by atoms with Crippen molar-refractivity contribution in [2.24, 2.45) is 17.8 Å². The zero-order valence-electron chi connectivity index (χ0n) is 16.4. The highest BCUT2D eigenvalue weighted by Gasteiger charge is 2.53.